The lowest BCUT2D eigenvalue weighted by Crippen LogP contribution is -2.24. The van der Waals surface area contributed by atoms with E-state index in [0.717, 1.165) is 5.56 Å². The van der Waals surface area contributed by atoms with Crippen LogP contribution < -0.4 is 20.6 Å². The Bertz CT molecular complexity index is 1070. The molecule has 1 heterocycles. The van der Waals surface area contributed by atoms with Crippen molar-refractivity contribution in [3.8, 4) is 22.9 Å². The van der Waals surface area contributed by atoms with Crippen molar-refractivity contribution >= 4 is 35.0 Å². The normalized spacial score (nSPS) is 11.8. The van der Waals surface area contributed by atoms with Gasteiger partial charge in [0.15, 0.2) is 5.82 Å². The second-order valence-electron chi connectivity index (χ2n) is 6.45. The molecule has 3 rings (SSSR count). The minimum atomic E-state index is -0.472. The topological polar surface area (TPSA) is 104 Å². The molecule has 0 aliphatic heterocycles. The van der Waals surface area contributed by atoms with E-state index >= 15 is 0 Å². The second kappa shape index (κ2) is 9.27. The Kier molecular flexibility index (Phi) is 6.73. The molecule has 1 aromatic heterocycles. The number of aromatic nitrogens is 3. The lowest BCUT2D eigenvalue weighted by atomic mass is 10.2. The molecule has 2 aromatic carbocycles. The molecular weight excluding hydrogens is 426 g/mol. The fourth-order valence-corrected chi connectivity index (χ4v) is 3.64. The molecule has 8 nitrogen and oxygen atoms in total. The minimum Gasteiger partial charge on any atom is -0.497 e. The first-order valence-electron chi connectivity index (χ1n) is 9.00. The Labute approximate surface area is 183 Å². The maximum atomic E-state index is 12.6. The summed E-state index contributed by atoms with van der Waals surface area (Å²) in [7, 11) is 3.13. The van der Waals surface area contributed by atoms with E-state index in [0.29, 0.717) is 38.8 Å². The number of ether oxygens (including phenoxy) is 2. The number of nitrogens with zero attached hydrogens (tertiary/aromatic N) is 3. The van der Waals surface area contributed by atoms with Gasteiger partial charge in [-0.3, -0.25) is 4.79 Å². The van der Waals surface area contributed by atoms with Crippen LogP contribution in [0.5, 0.6) is 11.5 Å². The molecule has 158 valence electrons. The zero-order valence-corrected chi connectivity index (χ0v) is 18.5. The zero-order valence-electron chi connectivity index (χ0n) is 17.0. The van der Waals surface area contributed by atoms with Crippen molar-refractivity contribution in [2.24, 2.45) is 0 Å². The van der Waals surface area contributed by atoms with Gasteiger partial charge in [0.05, 0.1) is 25.0 Å². The van der Waals surface area contributed by atoms with Gasteiger partial charge >= 0.3 is 0 Å². The number of carbonyl (C=O) groups is 1. The first kappa shape index (κ1) is 21.8. The number of carbonyl (C=O) groups excluding carboxylic acids is 1. The molecule has 0 fully saturated rings. The fourth-order valence-electron chi connectivity index (χ4n) is 2.70. The zero-order chi connectivity index (χ0) is 21.8. The molecule has 1 atom stereocenters. The highest BCUT2D eigenvalue weighted by Gasteiger charge is 2.22. The molecule has 3 N–H and O–H groups in total. The van der Waals surface area contributed by atoms with Crippen molar-refractivity contribution in [1.29, 1.82) is 0 Å². The van der Waals surface area contributed by atoms with Gasteiger partial charge in [-0.1, -0.05) is 29.4 Å². The SMILES string of the molecule is COc1ccc(-c2nnc(SC(C)C(=O)Nc3cc(Cl)ccc3C)n2N)c(OC)c1. The lowest BCUT2D eigenvalue weighted by Gasteiger charge is -2.14. The van der Waals surface area contributed by atoms with E-state index in [-0.39, 0.29) is 5.91 Å². The van der Waals surface area contributed by atoms with Crippen LogP contribution in [0.1, 0.15) is 12.5 Å². The maximum absolute atomic E-state index is 12.6. The summed E-state index contributed by atoms with van der Waals surface area (Å²) in [6, 6.07) is 10.6. The van der Waals surface area contributed by atoms with Crippen LogP contribution in [0.15, 0.2) is 41.6 Å². The van der Waals surface area contributed by atoms with Crippen LogP contribution in [0.4, 0.5) is 5.69 Å². The summed E-state index contributed by atoms with van der Waals surface area (Å²) in [6.45, 7) is 3.66. The van der Waals surface area contributed by atoms with Crippen molar-refractivity contribution in [3.05, 3.63) is 47.0 Å². The number of rotatable bonds is 7. The molecule has 0 saturated heterocycles. The van der Waals surface area contributed by atoms with E-state index in [1.165, 1.54) is 16.4 Å². The molecule has 10 heteroatoms. The summed E-state index contributed by atoms with van der Waals surface area (Å²) in [4.78, 5) is 12.6. The average Bonchev–Trinajstić information content (AvgIpc) is 3.10. The smallest absolute Gasteiger partial charge is 0.237 e. The van der Waals surface area contributed by atoms with Crippen LogP contribution in [0.25, 0.3) is 11.4 Å². The number of benzene rings is 2. The Morgan fingerprint density at radius 3 is 2.67 bits per heavy atom. The number of thioether (sulfide) groups is 1. The molecule has 0 saturated carbocycles. The van der Waals surface area contributed by atoms with Crippen molar-refractivity contribution in [3.63, 3.8) is 0 Å². The molecule has 0 spiro atoms. The first-order chi connectivity index (χ1) is 14.3. The summed E-state index contributed by atoms with van der Waals surface area (Å²) < 4.78 is 12.0. The largest absolute Gasteiger partial charge is 0.497 e. The van der Waals surface area contributed by atoms with E-state index in [9.17, 15) is 4.79 Å². The molecule has 1 unspecified atom stereocenters. The molecule has 0 radical (unpaired) electrons. The van der Waals surface area contributed by atoms with E-state index in [4.69, 9.17) is 26.9 Å². The number of nitrogens with one attached hydrogen (secondary N) is 1. The van der Waals surface area contributed by atoms with Gasteiger partial charge in [-0.15, -0.1) is 10.2 Å². The van der Waals surface area contributed by atoms with E-state index in [1.54, 1.807) is 51.5 Å². The third-order valence-corrected chi connectivity index (χ3v) is 5.71. The third-order valence-electron chi connectivity index (χ3n) is 4.42. The second-order valence-corrected chi connectivity index (χ2v) is 8.20. The van der Waals surface area contributed by atoms with E-state index in [2.05, 4.69) is 15.5 Å². The van der Waals surface area contributed by atoms with Crippen LogP contribution in [-0.2, 0) is 4.79 Å². The minimum absolute atomic E-state index is 0.197. The summed E-state index contributed by atoms with van der Waals surface area (Å²) in [5.41, 5.74) is 2.24. The Morgan fingerprint density at radius 1 is 1.20 bits per heavy atom. The number of nitrogen functional groups attached to an aromatic ring is 1. The predicted octanol–water partition coefficient (Wildman–Crippen LogP) is 3.76. The van der Waals surface area contributed by atoms with Gasteiger partial charge in [-0.25, -0.2) is 4.68 Å². The highest BCUT2D eigenvalue weighted by molar-refractivity contribution is 8.00. The number of methoxy groups -OCH3 is 2. The van der Waals surface area contributed by atoms with Crippen LogP contribution in [0.2, 0.25) is 5.02 Å². The molecule has 30 heavy (non-hydrogen) atoms. The monoisotopic (exact) mass is 447 g/mol. The van der Waals surface area contributed by atoms with Gasteiger partial charge in [0.25, 0.3) is 0 Å². The fraction of sp³-hybridized carbons (Fsp3) is 0.250. The van der Waals surface area contributed by atoms with Crippen molar-refractivity contribution in [1.82, 2.24) is 14.9 Å². The van der Waals surface area contributed by atoms with Crippen molar-refractivity contribution in [2.75, 3.05) is 25.4 Å². The molecular formula is C20H22ClN5O3S. The van der Waals surface area contributed by atoms with Gasteiger partial charge in [-0.05, 0) is 43.7 Å². The number of anilines is 1. The quantitative estimate of drug-likeness (QED) is 0.419. The van der Waals surface area contributed by atoms with Gasteiger partial charge in [0, 0.05) is 16.8 Å². The number of aryl methyl sites for hydroxylation is 1. The number of nitrogens with two attached hydrogens (primary N) is 1. The van der Waals surface area contributed by atoms with E-state index < -0.39 is 5.25 Å². The van der Waals surface area contributed by atoms with Gasteiger partial charge in [0.1, 0.15) is 11.5 Å². The van der Waals surface area contributed by atoms with Gasteiger partial charge in [0.2, 0.25) is 11.1 Å². The number of amides is 1. The predicted molar refractivity (Wildman–Crippen MR) is 119 cm³/mol. The number of hydrogen-bond donors (Lipinski definition) is 2. The molecule has 1 amide bonds. The van der Waals surface area contributed by atoms with Crippen molar-refractivity contribution < 1.29 is 14.3 Å². The maximum Gasteiger partial charge on any atom is 0.237 e. The molecule has 3 aromatic rings. The highest BCUT2D eigenvalue weighted by atomic mass is 35.5. The number of hydrogen-bond acceptors (Lipinski definition) is 7. The molecule has 0 aliphatic carbocycles. The standard InChI is InChI=1S/C20H22ClN5O3S/c1-11-5-6-13(21)9-16(11)23-19(27)12(2)30-20-25-24-18(26(20)22)15-8-7-14(28-3)10-17(15)29-4/h5-10,12H,22H2,1-4H3,(H,23,27). The Balaban J connectivity index is 1.78. The molecule has 0 bridgehead atoms. The van der Waals surface area contributed by atoms with Crippen LogP contribution in [0, 0.1) is 6.92 Å². The summed E-state index contributed by atoms with van der Waals surface area (Å²) in [6.07, 6.45) is 0. The summed E-state index contributed by atoms with van der Waals surface area (Å²) in [5.74, 6) is 7.62. The average molecular weight is 448 g/mol. The summed E-state index contributed by atoms with van der Waals surface area (Å²) in [5, 5.41) is 11.7. The van der Waals surface area contributed by atoms with E-state index in [1.807, 2.05) is 13.0 Å². The number of halogens is 1. The Morgan fingerprint density at radius 2 is 1.97 bits per heavy atom. The molecule has 0 aliphatic rings. The van der Waals surface area contributed by atoms with Gasteiger partial charge in [-0.2, -0.15) is 0 Å². The lowest BCUT2D eigenvalue weighted by molar-refractivity contribution is -0.115. The first-order valence-corrected chi connectivity index (χ1v) is 10.3. The highest BCUT2D eigenvalue weighted by Crippen LogP contribution is 2.33. The van der Waals surface area contributed by atoms with Crippen LogP contribution in [0.3, 0.4) is 0 Å². The Hall–Kier alpha value is -2.91. The third kappa shape index (κ3) is 4.63. The van der Waals surface area contributed by atoms with Crippen LogP contribution in [-0.4, -0.2) is 40.3 Å². The van der Waals surface area contributed by atoms with Crippen molar-refractivity contribution in [2.45, 2.75) is 24.3 Å². The van der Waals surface area contributed by atoms with Gasteiger partial charge < -0.3 is 20.6 Å². The van der Waals surface area contributed by atoms with Crippen LogP contribution >= 0.6 is 23.4 Å². The summed E-state index contributed by atoms with van der Waals surface area (Å²) >= 11 is 7.22.